The minimum Gasteiger partial charge on any atom is -0.330 e. The first-order valence-electron chi connectivity index (χ1n) is 10.3. The van der Waals surface area contributed by atoms with Crippen LogP contribution in [0.25, 0.3) is 22.1 Å². The molecule has 0 unspecified atom stereocenters. The molecule has 0 fully saturated rings. The van der Waals surface area contributed by atoms with Gasteiger partial charge >= 0.3 is 0 Å². The Kier molecular flexibility index (Phi) is 4.81. The summed E-state index contributed by atoms with van der Waals surface area (Å²) in [4.78, 5) is 12.2. The van der Waals surface area contributed by atoms with Gasteiger partial charge in [0.2, 0.25) is 0 Å². The summed E-state index contributed by atoms with van der Waals surface area (Å²) in [6.45, 7) is 2.35. The second kappa shape index (κ2) is 7.76. The molecule has 150 valence electrons. The second-order valence-corrected chi connectivity index (χ2v) is 7.78. The van der Waals surface area contributed by atoms with Crippen molar-refractivity contribution >= 4 is 22.1 Å². The maximum Gasteiger partial charge on any atom is 0.123 e. The Morgan fingerprint density at radius 3 is 1.57 bits per heavy atom. The largest absolute Gasteiger partial charge is 0.330 e. The van der Waals surface area contributed by atoms with E-state index >= 15 is 0 Å². The zero-order valence-corrected chi connectivity index (χ0v) is 17.4. The van der Waals surface area contributed by atoms with Gasteiger partial charge in [-0.1, -0.05) is 54.6 Å². The van der Waals surface area contributed by atoms with E-state index in [4.69, 9.17) is 9.97 Å². The molecule has 5 heteroatoms. The summed E-state index contributed by atoms with van der Waals surface area (Å²) in [5, 5.41) is 0. The summed E-state index contributed by atoms with van der Waals surface area (Å²) in [5.41, 5.74) is 5.69. The minimum absolute atomic E-state index is 0.753. The van der Waals surface area contributed by atoms with Crippen LogP contribution in [0.4, 0.5) is 0 Å². The molecule has 0 aliphatic rings. The molecule has 0 bridgehead atoms. The summed E-state index contributed by atoms with van der Waals surface area (Å²) in [6, 6.07) is 27.2. The first-order chi connectivity index (χ1) is 14.7. The molecule has 5 nitrogen and oxygen atoms in total. The van der Waals surface area contributed by atoms with E-state index in [9.17, 15) is 0 Å². The predicted molar refractivity (Wildman–Crippen MR) is 121 cm³/mol. The van der Waals surface area contributed by atoms with Crippen molar-refractivity contribution in [3.05, 3.63) is 96.1 Å². The molecule has 5 rings (SSSR count). The molecule has 0 aliphatic heterocycles. The maximum absolute atomic E-state index is 4.89. The molecule has 2 heterocycles. The second-order valence-electron chi connectivity index (χ2n) is 7.78. The van der Waals surface area contributed by atoms with Gasteiger partial charge in [0.1, 0.15) is 11.6 Å². The number of para-hydroxylation sites is 4. The van der Waals surface area contributed by atoms with Gasteiger partial charge in [-0.05, 0) is 29.8 Å². The quantitative estimate of drug-likeness (QED) is 0.420. The number of rotatable bonds is 6. The van der Waals surface area contributed by atoms with Crippen molar-refractivity contribution in [3.8, 4) is 0 Å². The zero-order chi connectivity index (χ0) is 20.5. The summed E-state index contributed by atoms with van der Waals surface area (Å²) < 4.78 is 4.39. The van der Waals surface area contributed by atoms with Gasteiger partial charge in [0.25, 0.3) is 0 Å². The number of aryl methyl sites for hydroxylation is 2. The maximum atomic E-state index is 4.89. The molecule has 0 saturated heterocycles. The highest BCUT2D eigenvalue weighted by Crippen LogP contribution is 2.20. The average Bonchev–Trinajstić information content (AvgIpc) is 3.26. The van der Waals surface area contributed by atoms with Crippen LogP contribution >= 0.6 is 0 Å². The van der Waals surface area contributed by atoms with Crippen molar-refractivity contribution in [1.82, 2.24) is 24.0 Å². The van der Waals surface area contributed by atoms with Crippen LogP contribution in [-0.4, -0.2) is 24.0 Å². The smallest absolute Gasteiger partial charge is 0.123 e. The highest BCUT2D eigenvalue weighted by molar-refractivity contribution is 5.76. The molecule has 0 amide bonds. The van der Waals surface area contributed by atoms with E-state index in [-0.39, 0.29) is 0 Å². The van der Waals surface area contributed by atoms with Gasteiger partial charge in [-0.3, -0.25) is 4.90 Å². The van der Waals surface area contributed by atoms with Crippen molar-refractivity contribution in [3.63, 3.8) is 0 Å². The van der Waals surface area contributed by atoms with Crippen molar-refractivity contribution in [1.29, 1.82) is 0 Å². The van der Waals surface area contributed by atoms with Crippen LogP contribution in [0.15, 0.2) is 78.9 Å². The molecular formula is C25H25N5. The topological polar surface area (TPSA) is 38.9 Å². The summed E-state index contributed by atoms with van der Waals surface area (Å²) >= 11 is 0. The number of fused-ring (bicyclic) bond motifs is 2. The van der Waals surface area contributed by atoms with E-state index < -0.39 is 0 Å². The van der Waals surface area contributed by atoms with E-state index in [0.29, 0.717) is 0 Å². The molecule has 0 saturated carbocycles. The average molecular weight is 396 g/mol. The summed E-state index contributed by atoms with van der Waals surface area (Å²) in [7, 11) is 4.20. The molecular weight excluding hydrogens is 370 g/mol. The third kappa shape index (κ3) is 3.48. The Balaban J connectivity index is 1.49. The first-order valence-corrected chi connectivity index (χ1v) is 10.3. The van der Waals surface area contributed by atoms with E-state index in [0.717, 1.165) is 53.3 Å². The van der Waals surface area contributed by atoms with Gasteiger partial charge < -0.3 is 9.13 Å². The van der Waals surface area contributed by atoms with Crippen LogP contribution in [-0.2, 0) is 33.7 Å². The van der Waals surface area contributed by atoms with E-state index in [1.165, 1.54) is 5.56 Å². The van der Waals surface area contributed by atoms with E-state index in [1.807, 2.05) is 12.1 Å². The predicted octanol–water partition coefficient (Wildman–Crippen LogP) is 4.66. The molecule has 0 N–H and O–H groups in total. The fourth-order valence-corrected chi connectivity index (χ4v) is 4.08. The summed E-state index contributed by atoms with van der Waals surface area (Å²) in [5.74, 6) is 2.12. The molecule has 30 heavy (non-hydrogen) atoms. The fraction of sp³-hybridized carbons (Fsp3) is 0.200. The van der Waals surface area contributed by atoms with Gasteiger partial charge in [-0.25, -0.2) is 9.97 Å². The molecule has 3 aromatic carbocycles. The van der Waals surface area contributed by atoms with E-state index in [1.54, 1.807) is 0 Å². The van der Waals surface area contributed by atoms with Crippen molar-refractivity contribution < 1.29 is 0 Å². The number of aromatic nitrogens is 4. The van der Waals surface area contributed by atoms with Gasteiger partial charge in [-0.2, -0.15) is 0 Å². The molecule has 2 aromatic heterocycles. The number of benzene rings is 3. The Labute approximate surface area is 176 Å². The molecule has 0 spiro atoms. The van der Waals surface area contributed by atoms with Crippen molar-refractivity contribution in [2.45, 2.75) is 19.6 Å². The molecule has 0 aliphatic carbocycles. The molecule has 0 radical (unpaired) electrons. The van der Waals surface area contributed by atoms with Gasteiger partial charge in [0.15, 0.2) is 0 Å². The van der Waals surface area contributed by atoms with Crippen LogP contribution < -0.4 is 0 Å². The lowest BCUT2D eigenvalue weighted by molar-refractivity contribution is 0.231. The third-order valence-electron chi connectivity index (χ3n) is 5.74. The highest BCUT2D eigenvalue weighted by Gasteiger charge is 2.16. The SMILES string of the molecule is Cn1c(CN(Cc2ccccc2)Cc2nc3ccccc3n2C)nc2ccccc21. The fourth-order valence-electron chi connectivity index (χ4n) is 4.08. The standard InChI is InChI=1S/C25H25N5/c1-28-22-14-8-6-12-20(22)26-24(28)17-30(16-19-10-4-3-5-11-19)18-25-27-21-13-7-9-15-23(21)29(25)2/h3-15H,16-18H2,1-2H3. The van der Waals surface area contributed by atoms with Crippen LogP contribution in [0.2, 0.25) is 0 Å². The highest BCUT2D eigenvalue weighted by atomic mass is 15.2. The lowest BCUT2D eigenvalue weighted by atomic mass is 10.2. The van der Waals surface area contributed by atoms with Crippen LogP contribution in [0, 0.1) is 0 Å². The number of hydrogen-bond donors (Lipinski definition) is 0. The molecule has 5 aromatic rings. The zero-order valence-electron chi connectivity index (χ0n) is 17.4. The Morgan fingerprint density at radius 1 is 0.600 bits per heavy atom. The van der Waals surface area contributed by atoms with Crippen molar-refractivity contribution in [2.24, 2.45) is 14.1 Å². The number of imidazole rings is 2. The van der Waals surface area contributed by atoms with Gasteiger partial charge in [0.05, 0.1) is 35.2 Å². The molecule has 0 atom stereocenters. The Bertz CT molecular complexity index is 1220. The number of nitrogens with zero attached hydrogens (tertiary/aromatic N) is 5. The van der Waals surface area contributed by atoms with Gasteiger partial charge in [-0.15, -0.1) is 0 Å². The lowest BCUT2D eigenvalue weighted by Crippen LogP contribution is -2.25. The Morgan fingerprint density at radius 2 is 1.07 bits per heavy atom. The Hall–Kier alpha value is -3.44. The van der Waals surface area contributed by atoms with Crippen molar-refractivity contribution in [2.75, 3.05) is 0 Å². The summed E-state index contributed by atoms with van der Waals surface area (Å²) in [6.07, 6.45) is 0. The van der Waals surface area contributed by atoms with Crippen LogP contribution in [0.1, 0.15) is 17.2 Å². The lowest BCUT2D eigenvalue weighted by Gasteiger charge is -2.22. The van der Waals surface area contributed by atoms with Crippen LogP contribution in [0.3, 0.4) is 0 Å². The monoisotopic (exact) mass is 395 g/mol. The normalized spacial score (nSPS) is 11.7. The first kappa shape index (κ1) is 18.6. The van der Waals surface area contributed by atoms with Crippen LogP contribution in [0.5, 0.6) is 0 Å². The van der Waals surface area contributed by atoms with E-state index in [2.05, 4.69) is 94.9 Å². The number of hydrogen-bond acceptors (Lipinski definition) is 3. The minimum atomic E-state index is 0.753. The van der Waals surface area contributed by atoms with Gasteiger partial charge in [0, 0.05) is 20.6 Å². The third-order valence-corrected chi connectivity index (χ3v) is 5.74.